The third-order valence-corrected chi connectivity index (χ3v) is 5.05. The van der Waals surface area contributed by atoms with Crippen LogP contribution >= 0.6 is 11.3 Å². The predicted molar refractivity (Wildman–Crippen MR) is 109 cm³/mol. The van der Waals surface area contributed by atoms with Crippen molar-refractivity contribution in [1.82, 2.24) is 4.98 Å². The monoisotopic (exact) mass is 411 g/mol. The Morgan fingerprint density at radius 2 is 1.90 bits per heavy atom. The molecule has 0 saturated heterocycles. The SMILES string of the molecule is CCOC(=O)c1sc(NC(=O)c2cccc([N+](=O)[O-])c2C)nc1-c1ccccc1. The molecular weight excluding hydrogens is 394 g/mol. The molecule has 1 N–H and O–H groups in total. The topological polar surface area (TPSA) is 111 Å². The van der Waals surface area contributed by atoms with Crippen LogP contribution in [-0.2, 0) is 4.74 Å². The van der Waals surface area contributed by atoms with Crippen LogP contribution in [0, 0.1) is 17.0 Å². The molecule has 3 aromatic rings. The lowest BCUT2D eigenvalue weighted by molar-refractivity contribution is -0.385. The van der Waals surface area contributed by atoms with E-state index in [-0.39, 0.29) is 33.4 Å². The quantitative estimate of drug-likeness (QED) is 0.364. The summed E-state index contributed by atoms with van der Waals surface area (Å²) in [5.74, 6) is -1.08. The average molecular weight is 411 g/mol. The zero-order valence-electron chi connectivity index (χ0n) is 15.7. The molecule has 148 valence electrons. The molecule has 8 nitrogen and oxygen atoms in total. The number of nitrogens with one attached hydrogen (secondary N) is 1. The summed E-state index contributed by atoms with van der Waals surface area (Å²) < 4.78 is 5.10. The molecule has 9 heteroatoms. The minimum absolute atomic E-state index is 0.144. The van der Waals surface area contributed by atoms with Gasteiger partial charge in [0.2, 0.25) is 0 Å². The van der Waals surface area contributed by atoms with Crippen LogP contribution in [-0.4, -0.2) is 28.4 Å². The summed E-state index contributed by atoms with van der Waals surface area (Å²) in [7, 11) is 0. The number of carbonyl (C=O) groups is 2. The molecule has 0 aliphatic heterocycles. The number of nitro groups is 1. The smallest absolute Gasteiger partial charge is 0.350 e. The van der Waals surface area contributed by atoms with E-state index in [2.05, 4.69) is 10.3 Å². The molecule has 1 heterocycles. The number of nitrogens with zero attached hydrogens (tertiary/aromatic N) is 2. The number of rotatable bonds is 6. The Balaban J connectivity index is 1.96. The van der Waals surface area contributed by atoms with Gasteiger partial charge in [0.1, 0.15) is 4.88 Å². The Hall–Kier alpha value is -3.59. The van der Waals surface area contributed by atoms with Gasteiger partial charge >= 0.3 is 5.97 Å². The van der Waals surface area contributed by atoms with Crippen LogP contribution in [0.25, 0.3) is 11.3 Å². The maximum absolute atomic E-state index is 12.7. The summed E-state index contributed by atoms with van der Waals surface area (Å²) in [6.07, 6.45) is 0. The van der Waals surface area contributed by atoms with Gasteiger partial charge in [-0.05, 0) is 19.9 Å². The number of amides is 1. The summed E-state index contributed by atoms with van der Waals surface area (Å²) in [5.41, 5.74) is 1.38. The maximum atomic E-state index is 12.7. The van der Waals surface area contributed by atoms with Crippen molar-refractivity contribution < 1.29 is 19.2 Å². The van der Waals surface area contributed by atoms with Crippen molar-refractivity contribution in [1.29, 1.82) is 0 Å². The summed E-state index contributed by atoms with van der Waals surface area (Å²) in [6, 6.07) is 13.3. The molecule has 0 saturated carbocycles. The van der Waals surface area contributed by atoms with Gasteiger partial charge in [0.25, 0.3) is 11.6 Å². The van der Waals surface area contributed by atoms with E-state index >= 15 is 0 Å². The molecule has 0 spiro atoms. The number of aromatic nitrogens is 1. The number of benzene rings is 2. The highest BCUT2D eigenvalue weighted by Gasteiger charge is 2.23. The number of hydrogen-bond donors (Lipinski definition) is 1. The summed E-state index contributed by atoms with van der Waals surface area (Å²) in [5, 5.41) is 13.9. The molecule has 0 aliphatic carbocycles. The Morgan fingerprint density at radius 3 is 2.55 bits per heavy atom. The van der Waals surface area contributed by atoms with Gasteiger partial charge in [-0.3, -0.25) is 20.2 Å². The predicted octanol–water partition coefficient (Wildman–Crippen LogP) is 4.46. The number of esters is 1. The zero-order valence-corrected chi connectivity index (χ0v) is 16.5. The molecule has 29 heavy (non-hydrogen) atoms. The number of carbonyl (C=O) groups excluding carboxylic acids is 2. The summed E-state index contributed by atoms with van der Waals surface area (Å²) in [6.45, 7) is 3.42. The molecule has 0 bridgehead atoms. The Bertz CT molecular complexity index is 1080. The number of anilines is 1. The van der Waals surface area contributed by atoms with Crippen molar-refractivity contribution in [2.24, 2.45) is 0 Å². The van der Waals surface area contributed by atoms with E-state index in [9.17, 15) is 19.7 Å². The normalized spacial score (nSPS) is 10.4. The number of hydrogen-bond acceptors (Lipinski definition) is 7. The maximum Gasteiger partial charge on any atom is 0.350 e. The highest BCUT2D eigenvalue weighted by molar-refractivity contribution is 7.18. The van der Waals surface area contributed by atoms with Gasteiger partial charge in [-0.15, -0.1) is 0 Å². The van der Waals surface area contributed by atoms with Crippen LogP contribution in [0.2, 0.25) is 0 Å². The van der Waals surface area contributed by atoms with Crippen LogP contribution in [0.5, 0.6) is 0 Å². The van der Waals surface area contributed by atoms with Crippen molar-refractivity contribution in [3.05, 3.63) is 74.6 Å². The Kier molecular flexibility index (Phi) is 5.99. The molecule has 0 aliphatic rings. The largest absolute Gasteiger partial charge is 0.462 e. The van der Waals surface area contributed by atoms with Crippen molar-refractivity contribution in [3.8, 4) is 11.3 Å². The van der Waals surface area contributed by atoms with E-state index in [0.717, 1.165) is 11.3 Å². The van der Waals surface area contributed by atoms with Gasteiger partial charge in [-0.1, -0.05) is 47.7 Å². The fourth-order valence-electron chi connectivity index (χ4n) is 2.73. The standard InChI is InChI=1S/C20H17N3O5S/c1-3-28-19(25)17-16(13-8-5-4-6-9-13)21-20(29-17)22-18(24)14-10-7-11-15(12(14)2)23(26)27/h4-11H,3H2,1-2H3,(H,21,22,24). The van der Waals surface area contributed by atoms with E-state index in [1.807, 2.05) is 18.2 Å². The first-order valence-electron chi connectivity index (χ1n) is 8.71. The van der Waals surface area contributed by atoms with Gasteiger partial charge < -0.3 is 4.74 Å². The fourth-order valence-corrected chi connectivity index (χ4v) is 3.61. The Morgan fingerprint density at radius 1 is 1.17 bits per heavy atom. The molecular formula is C20H17N3O5S. The molecule has 3 rings (SSSR count). The Labute approximate surface area is 170 Å². The molecule has 2 aromatic carbocycles. The fraction of sp³-hybridized carbons (Fsp3) is 0.150. The minimum atomic E-state index is -0.546. The first kappa shape index (κ1) is 20.2. The van der Waals surface area contributed by atoms with Gasteiger partial charge in [0, 0.05) is 22.8 Å². The second kappa shape index (κ2) is 8.61. The van der Waals surface area contributed by atoms with E-state index in [4.69, 9.17) is 4.74 Å². The second-order valence-electron chi connectivity index (χ2n) is 5.94. The van der Waals surface area contributed by atoms with Gasteiger partial charge in [0.05, 0.1) is 17.2 Å². The highest BCUT2D eigenvalue weighted by Crippen LogP contribution is 2.32. The average Bonchev–Trinajstić information content (AvgIpc) is 3.12. The van der Waals surface area contributed by atoms with Crippen LogP contribution < -0.4 is 5.32 Å². The van der Waals surface area contributed by atoms with Gasteiger partial charge in [0.15, 0.2) is 5.13 Å². The van der Waals surface area contributed by atoms with Gasteiger partial charge in [-0.25, -0.2) is 9.78 Å². The van der Waals surface area contributed by atoms with E-state index in [1.165, 1.54) is 25.1 Å². The highest BCUT2D eigenvalue weighted by atomic mass is 32.1. The zero-order chi connectivity index (χ0) is 21.0. The van der Waals surface area contributed by atoms with E-state index < -0.39 is 16.8 Å². The lowest BCUT2D eigenvalue weighted by atomic mass is 10.1. The lowest BCUT2D eigenvalue weighted by Gasteiger charge is -2.05. The summed E-state index contributed by atoms with van der Waals surface area (Å²) >= 11 is 0.990. The van der Waals surface area contributed by atoms with Crippen LogP contribution in [0.1, 0.15) is 32.5 Å². The second-order valence-corrected chi connectivity index (χ2v) is 6.94. The van der Waals surface area contributed by atoms with Crippen molar-refractivity contribution in [2.45, 2.75) is 13.8 Å². The summed E-state index contributed by atoms with van der Waals surface area (Å²) in [4.78, 5) is 40.2. The van der Waals surface area contributed by atoms with Crippen LogP contribution in [0.4, 0.5) is 10.8 Å². The van der Waals surface area contributed by atoms with E-state index in [1.54, 1.807) is 19.1 Å². The van der Waals surface area contributed by atoms with Crippen LogP contribution in [0.15, 0.2) is 48.5 Å². The lowest BCUT2D eigenvalue weighted by Crippen LogP contribution is -2.14. The van der Waals surface area contributed by atoms with Crippen LogP contribution in [0.3, 0.4) is 0 Å². The molecule has 1 amide bonds. The third-order valence-electron chi connectivity index (χ3n) is 4.10. The van der Waals surface area contributed by atoms with Gasteiger partial charge in [-0.2, -0.15) is 0 Å². The molecule has 1 aromatic heterocycles. The van der Waals surface area contributed by atoms with E-state index in [0.29, 0.717) is 11.3 Å². The van der Waals surface area contributed by atoms with Crippen molar-refractivity contribution in [2.75, 3.05) is 11.9 Å². The van der Waals surface area contributed by atoms with Crippen molar-refractivity contribution >= 4 is 34.0 Å². The molecule has 0 radical (unpaired) electrons. The number of nitro benzene ring substituents is 1. The first-order chi connectivity index (χ1) is 13.9. The molecule has 0 atom stereocenters. The number of thiazole rings is 1. The van der Waals surface area contributed by atoms with Crippen molar-refractivity contribution in [3.63, 3.8) is 0 Å². The minimum Gasteiger partial charge on any atom is -0.462 e. The first-order valence-corrected chi connectivity index (χ1v) is 9.52. The third kappa shape index (κ3) is 4.30. The number of ether oxygens (including phenoxy) is 1. The molecule has 0 fully saturated rings. The molecule has 0 unspecified atom stereocenters.